The third kappa shape index (κ3) is 2.31. The highest BCUT2D eigenvalue weighted by Crippen LogP contribution is 2.48. The fourth-order valence-electron chi connectivity index (χ4n) is 2.25. The van der Waals surface area contributed by atoms with Gasteiger partial charge in [-0.25, -0.2) is 0 Å². The van der Waals surface area contributed by atoms with Crippen LogP contribution in [0.4, 0.5) is 0 Å². The second kappa shape index (κ2) is 4.09. The molecule has 1 aliphatic carbocycles. The maximum atomic E-state index is 12.2. The minimum Gasteiger partial charge on any atom is -0.393 e. The molecule has 0 bridgehead atoms. The monoisotopic (exact) mass is 210 g/mol. The molecule has 0 heterocycles. The van der Waals surface area contributed by atoms with E-state index in [-0.39, 0.29) is 23.0 Å². The van der Waals surface area contributed by atoms with E-state index < -0.39 is 6.10 Å². The van der Waals surface area contributed by atoms with E-state index in [1.807, 2.05) is 6.92 Å². The number of ketones is 1. The third-order valence-corrected chi connectivity index (χ3v) is 3.86. The summed E-state index contributed by atoms with van der Waals surface area (Å²) in [5.74, 6) is 0.187. The molecule has 2 nitrogen and oxygen atoms in total. The molecule has 0 aromatic carbocycles. The highest BCUT2D eigenvalue weighted by molar-refractivity contribution is 5.86. The van der Waals surface area contributed by atoms with Crippen molar-refractivity contribution in [3.05, 3.63) is 12.2 Å². The second-order valence-electron chi connectivity index (χ2n) is 5.47. The lowest BCUT2D eigenvalue weighted by molar-refractivity contribution is -0.135. The Bertz CT molecular complexity index is 276. The van der Waals surface area contributed by atoms with E-state index in [0.29, 0.717) is 0 Å². The molecule has 2 unspecified atom stereocenters. The molecule has 1 rings (SSSR count). The maximum absolute atomic E-state index is 12.2. The number of aliphatic hydroxyl groups is 1. The average molecular weight is 210 g/mol. The smallest absolute Gasteiger partial charge is 0.142 e. The van der Waals surface area contributed by atoms with Crippen molar-refractivity contribution in [2.45, 2.75) is 53.1 Å². The molecule has 1 N–H and O–H groups in total. The minimum atomic E-state index is -0.531. The maximum Gasteiger partial charge on any atom is 0.142 e. The van der Waals surface area contributed by atoms with E-state index in [1.54, 1.807) is 6.92 Å². The first-order valence-electron chi connectivity index (χ1n) is 5.69. The number of Topliss-reactive ketones (excluding diaryl/α,β-unsaturated/α-hetero) is 1. The van der Waals surface area contributed by atoms with Gasteiger partial charge in [0.1, 0.15) is 5.78 Å². The van der Waals surface area contributed by atoms with Gasteiger partial charge in [0.2, 0.25) is 0 Å². The average Bonchev–Trinajstić information content (AvgIpc) is 2.09. The van der Waals surface area contributed by atoms with Crippen LogP contribution in [0.5, 0.6) is 0 Å². The van der Waals surface area contributed by atoms with Crippen molar-refractivity contribution in [1.29, 1.82) is 0 Å². The number of rotatable bonds is 3. The quantitative estimate of drug-likeness (QED) is 0.727. The first-order valence-corrected chi connectivity index (χ1v) is 5.69. The van der Waals surface area contributed by atoms with E-state index in [9.17, 15) is 9.90 Å². The van der Waals surface area contributed by atoms with Crippen LogP contribution in [-0.4, -0.2) is 17.0 Å². The number of hydrogen-bond acceptors (Lipinski definition) is 2. The zero-order valence-electron chi connectivity index (χ0n) is 10.2. The summed E-state index contributed by atoms with van der Waals surface area (Å²) in [6, 6.07) is 0. The molecule has 0 fully saturated rings. The zero-order chi connectivity index (χ0) is 11.7. The SMILES string of the molecule is CC(O)CC(=O)C1(C)CCC=CC1(C)C. The lowest BCUT2D eigenvalue weighted by Gasteiger charge is -2.44. The van der Waals surface area contributed by atoms with Crippen molar-refractivity contribution in [2.24, 2.45) is 10.8 Å². The van der Waals surface area contributed by atoms with E-state index in [2.05, 4.69) is 26.0 Å². The van der Waals surface area contributed by atoms with Crippen molar-refractivity contribution >= 4 is 5.78 Å². The molecule has 0 aromatic heterocycles. The van der Waals surface area contributed by atoms with E-state index in [1.165, 1.54) is 0 Å². The highest BCUT2D eigenvalue weighted by atomic mass is 16.3. The Morgan fingerprint density at radius 3 is 2.53 bits per heavy atom. The summed E-state index contributed by atoms with van der Waals surface area (Å²) in [4.78, 5) is 12.2. The summed E-state index contributed by atoms with van der Waals surface area (Å²) < 4.78 is 0. The Kier molecular flexibility index (Phi) is 3.39. The van der Waals surface area contributed by atoms with Gasteiger partial charge in [-0.2, -0.15) is 0 Å². The Morgan fingerprint density at radius 1 is 1.47 bits per heavy atom. The van der Waals surface area contributed by atoms with Crippen LogP contribution in [0.15, 0.2) is 12.2 Å². The van der Waals surface area contributed by atoms with Crippen molar-refractivity contribution in [2.75, 3.05) is 0 Å². The predicted molar refractivity (Wildman–Crippen MR) is 61.6 cm³/mol. The van der Waals surface area contributed by atoms with Gasteiger partial charge >= 0.3 is 0 Å². The van der Waals surface area contributed by atoms with E-state index in [4.69, 9.17) is 0 Å². The molecule has 0 saturated heterocycles. The van der Waals surface area contributed by atoms with Gasteiger partial charge < -0.3 is 5.11 Å². The number of carbonyl (C=O) groups is 1. The van der Waals surface area contributed by atoms with Crippen LogP contribution in [0.25, 0.3) is 0 Å². The van der Waals surface area contributed by atoms with Crippen LogP contribution in [0.2, 0.25) is 0 Å². The molecule has 0 radical (unpaired) electrons. The Labute approximate surface area is 92.4 Å². The number of hydrogen-bond donors (Lipinski definition) is 1. The molecule has 15 heavy (non-hydrogen) atoms. The topological polar surface area (TPSA) is 37.3 Å². The molecule has 0 saturated carbocycles. The Morgan fingerprint density at radius 2 is 2.07 bits per heavy atom. The largest absolute Gasteiger partial charge is 0.393 e. The predicted octanol–water partition coefficient (Wildman–Crippen LogP) is 2.71. The molecule has 1 aliphatic rings. The molecule has 0 spiro atoms. The number of carbonyl (C=O) groups excluding carboxylic acids is 1. The van der Waals surface area contributed by atoms with Crippen LogP contribution in [0.3, 0.4) is 0 Å². The third-order valence-electron chi connectivity index (χ3n) is 3.86. The molecular weight excluding hydrogens is 188 g/mol. The van der Waals surface area contributed by atoms with Crippen molar-refractivity contribution in [3.8, 4) is 0 Å². The summed E-state index contributed by atoms with van der Waals surface area (Å²) >= 11 is 0. The van der Waals surface area contributed by atoms with E-state index >= 15 is 0 Å². The molecular formula is C13H22O2. The Balaban J connectivity index is 2.90. The minimum absolute atomic E-state index is 0.1000. The van der Waals surface area contributed by atoms with Gasteiger partial charge in [-0.3, -0.25) is 4.79 Å². The van der Waals surface area contributed by atoms with Gasteiger partial charge in [0.05, 0.1) is 6.10 Å². The van der Waals surface area contributed by atoms with Crippen molar-refractivity contribution in [1.82, 2.24) is 0 Å². The first kappa shape index (κ1) is 12.4. The summed E-state index contributed by atoms with van der Waals surface area (Å²) in [5.41, 5.74) is -0.421. The van der Waals surface area contributed by atoms with Crippen LogP contribution >= 0.6 is 0 Å². The molecule has 0 aliphatic heterocycles. The van der Waals surface area contributed by atoms with Crippen molar-refractivity contribution < 1.29 is 9.90 Å². The zero-order valence-corrected chi connectivity index (χ0v) is 10.2. The van der Waals surface area contributed by atoms with Crippen LogP contribution in [-0.2, 0) is 4.79 Å². The van der Waals surface area contributed by atoms with Crippen LogP contribution < -0.4 is 0 Å². The molecule has 86 valence electrons. The fourth-order valence-corrected chi connectivity index (χ4v) is 2.25. The standard InChI is InChI=1S/C13H22O2/c1-10(14)9-11(15)13(4)8-6-5-7-12(13,2)3/h5,7,10,14H,6,8-9H2,1-4H3. The summed E-state index contributed by atoms with van der Waals surface area (Å²) in [5, 5.41) is 9.30. The fraction of sp³-hybridized carbons (Fsp3) is 0.769. The highest BCUT2D eigenvalue weighted by Gasteiger charge is 2.45. The molecule has 0 amide bonds. The van der Waals surface area contributed by atoms with Gasteiger partial charge in [0, 0.05) is 11.8 Å². The summed E-state index contributed by atoms with van der Waals surface area (Å²) in [7, 11) is 0. The normalized spacial score (nSPS) is 31.3. The Hall–Kier alpha value is -0.630. The van der Waals surface area contributed by atoms with Gasteiger partial charge in [-0.15, -0.1) is 0 Å². The molecule has 2 atom stereocenters. The van der Waals surface area contributed by atoms with E-state index in [0.717, 1.165) is 12.8 Å². The number of aliphatic hydroxyl groups excluding tert-OH is 1. The van der Waals surface area contributed by atoms with Crippen LogP contribution in [0, 0.1) is 10.8 Å². The molecule has 2 heteroatoms. The number of allylic oxidation sites excluding steroid dienone is 2. The first-order chi connectivity index (χ1) is 6.79. The van der Waals surface area contributed by atoms with Gasteiger partial charge in [-0.05, 0) is 25.2 Å². The van der Waals surface area contributed by atoms with Crippen LogP contribution in [0.1, 0.15) is 47.0 Å². The lowest BCUT2D eigenvalue weighted by atomic mass is 9.59. The van der Waals surface area contributed by atoms with Gasteiger partial charge in [-0.1, -0.05) is 32.9 Å². The lowest BCUT2D eigenvalue weighted by Crippen LogP contribution is -2.43. The second-order valence-corrected chi connectivity index (χ2v) is 5.47. The van der Waals surface area contributed by atoms with Gasteiger partial charge in [0.25, 0.3) is 0 Å². The summed E-state index contributed by atoms with van der Waals surface area (Å²) in [6.45, 7) is 7.90. The van der Waals surface area contributed by atoms with Crippen molar-refractivity contribution in [3.63, 3.8) is 0 Å². The van der Waals surface area contributed by atoms with Gasteiger partial charge in [0.15, 0.2) is 0 Å². The molecule has 0 aromatic rings. The summed E-state index contributed by atoms with van der Waals surface area (Å²) in [6.07, 6.45) is 5.88.